The first-order valence-electron chi connectivity index (χ1n) is 7.37. The molecule has 0 aliphatic heterocycles. The van der Waals surface area contributed by atoms with E-state index in [9.17, 15) is 4.79 Å². The summed E-state index contributed by atoms with van der Waals surface area (Å²) in [5.74, 6) is 0.699. The highest BCUT2D eigenvalue weighted by atomic mass is 16.2. The van der Waals surface area contributed by atoms with Gasteiger partial charge in [-0.25, -0.2) is 15.0 Å². The number of hydrogen-bond acceptors (Lipinski definition) is 4. The predicted molar refractivity (Wildman–Crippen MR) is 78.2 cm³/mol. The van der Waals surface area contributed by atoms with Crippen LogP contribution < -0.4 is 5.32 Å². The molecule has 0 atom stereocenters. The van der Waals surface area contributed by atoms with Gasteiger partial charge in [-0.05, 0) is 19.8 Å². The van der Waals surface area contributed by atoms with Crippen LogP contribution in [0.2, 0.25) is 0 Å². The molecule has 0 radical (unpaired) electrons. The Hall–Kier alpha value is -2.24. The van der Waals surface area contributed by atoms with Crippen LogP contribution in [-0.4, -0.2) is 31.5 Å². The zero-order chi connectivity index (χ0) is 14.7. The summed E-state index contributed by atoms with van der Waals surface area (Å²) >= 11 is 0. The number of carbonyl (C=O) groups is 1. The molecule has 110 valence electrons. The molecule has 21 heavy (non-hydrogen) atoms. The highest BCUT2D eigenvalue weighted by Gasteiger charge is 2.19. The average Bonchev–Trinajstić information content (AvgIpc) is 3.02. The molecule has 6 heteroatoms. The van der Waals surface area contributed by atoms with Crippen LogP contribution >= 0.6 is 0 Å². The molecule has 2 aromatic heterocycles. The van der Waals surface area contributed by atoms with E-state index in [0.717, 1.165) is 18.5 Å². The molecule has 2 heterocycles. The predicted octanol–water partition coefficient (Wildman–Crippen LogP) is 2.03. The smallest absolute Gasteiger partial charge is 0.289 e. The van der Waals surface area contributed by atoms with E-state index in [0.29, 0.717) is 5.82 Å². The number of aryl methyl sites for hydroxylation is 1. The fraction of sp³-hybridized carbons (Fsp3) is 0.467. The van der Waals surface area contributed by atoms with E-state index in [2.05, 4.69) is 20.3 Å². The highest BCUT2D eigenvalue weighted by Crippen LogP contribution is 2.17. The quantitative estimate of drug-likeness (QED) is 0.936. The summed E-state index contributed by atoms with van der Waals surface area (Å²) in [5.41, 5.74) is 0.766. The van der Waals surface area contributed by atoms with Crippen molar-refractivity contribution in [2.75, 3.05) is 0 Å². The van der Waals surface area contributed by atoms with Crippen molar-refractivity contribution in [3.8, 4) is 5.82 Å². The molecule has 2 aromatic rings. The summed E-state index contributed by atoms with van der Waals surface area (Å²) < 4.78 is 1.77. The molecule has 1 amide bonds. The number of nitrogens with zero attached hydrogens (tertiary/aromatic N) is 4. The van der Waals surface area contributed by atoms with Crippen LogP contribution in [0, 0.1) is 6.92 Å². The normalized spacial score (nSPS) is 15.9. The molecular weight excluding hydrogens is 266 g/mol. The number of hydrogen-bond donors (Lipinski definition) is 1. The molecule has 0 aromatic carbocycles. The van der Waals surface area contributed by atoms with E-state index >= 15 is 0 Å². The lowest BCUT2D eigenvalue weighted by Crippen LogP contribution is -2.37. The summed E-state index contributed by atoms with van der Waals surface area (Å²) in [6.45, 7) is 1.86. The minimum Gasteiger partial charge on any atom is -0.347 e. The molecular formula is C15H19N5O. The largest absolute Gasteiger partial charge is 0.347 e. The van der Waals surface area contributed by atoms with Crippen molar-refractivity contribution >= 4 is 5.91 Å². The third-order valence-electron chi connectivity index (χ3n) is 3.75. The first-order valence-corrected chi connectivity index (χ1v) is 7.37. The molecule has 0 spiro atoms. The SMILES string of the molecule is Cc1cc(-n2ccnc2)nc(C(=O)NC2CCCCC2)n1. The van der Waals surface area contributed by atoms with E-state index in [4.69, 9.17) is 0 Å². The molecule has 1 aliphatic carbocycles. The maximum atomic E-state index is 12.3. The molecule has 0 saturated heterocycles. The van der Waals surface area contributed by atoms with Crippen LogP contribution in [0.5, 0.6) is 0 Å². The third kappa shape index (κ3) is 3.26. The van der Waals surface area contributed by atoms with Gasteiger partial charge in [0.05, 0.1) is 0 Å². The standard InChI is InChI=1S/C15H19N5O/c1-11-9-13(20-8-7-16-10-20)19-14(17-11)15(21)18-12-5-3-2-4-6-12/h7-10,12H,2-6H2,1H3,(H,18,21). The van der Waals surface area contributed by atoms with Crippen LogP contribution in [0.3, 0.4) is 0 Å². The van der Waals surface area contributed by atoms with E-state index in [1.54, 1.807) is 23.3 Å². The first kappa shape index (κ1) is 13.7. The summed E-state index contributed by atoms with van der Waals surface area (Å²) in [6, 6.07) is 2.09. The lowest BCUT2D eigenvalue weighted by atomic mass is 9.95. The Morgan fingerprint density at radius 3 is 2.81 bits per heavy atom. The van der Waals surface area contributed by atoms with Crippen LogP contribution in [0.15, 0.2) is 24.8 Å². The van der Waals surface area contributed by atoms with Gasteiger partial charge in [0.15, 0.2) is 0 Å². The van der Waals surface area contributed by atoms with Gasteiger partial charge >= 0.3 is 0 Å². The number of aromatic nitrogens is 4. The van der Waals surface area contributed by atoms with Gasteiger partial charge in [0.2, 0.25) is 5.82 Å². The van der Waals surface area contributed by atoms with Gasteiger partial charge in [0, 0.05) is 30.2 Å². The Labute approximate surface area is 123 Å². The van der Waals surface area contributed by atoms with Gasteiger partial charge in [-0.1, -0.05) is 19.3 Å². The van der Waals surface area contributed by atoms with Gasteiger partial charge < -0.3 is 5.32 Å². The van der Waals surface area contributed by atoms with Crippen molar-refractivity contribution in [1.82, 2.24) is 24.8 Å². The van der Waals surface area contributed by atoms with E-state index in [1.807, 2.05) is 13.0 Å². The van der Waals surface area contributed by atoms with Crippen molar-refractivity contribution < 1.29 is 4.79 Å². The maximum Gasteiger partial charge on any atom is 0.289 e. The third-order valence-corrected chi connectivity index (χ3v) is 3.75. The Morgan fingerprint density at radius 2 is 2.10 bits per heavy atom. The van der Waals surface area contributed by atoms with E-state index in [1.165, 1.54) is 19.3 Å². The summed E-state index contributed by atoms with van der Waals surface area (Å²) in [4.78, 5) is 24.9. The number of imidazole rings is 1. The van der Waals surface area contributed by atoms with E-state index in [-0.39, 0.29) is 17.8 Å². The molecule has 1 fully saturated rings. The van der Waals surface area contributed by atoms with Crippen LogP contribution in [0.1, 0.15) is 48.4 Å². The molecule has 1 saturated carbocycles. The van der Waals surface area contributed by atoms with Gasteiger partial charge in [0.1, 0.15) is 12.1 Å². The van der Waals surface area contributed by atoms with Gasteiger partial charge in [0.25, 0.3) is 5.91 Å². The zero-order valence-corrected chi connectivity index (χ0v) is 12.1. The second kappa shape index (κ2) is 6.03. The summed E-state index contributed by atoms with van der Waals surface area (Å²) in [6.07, 6.45) is 10.9. The minimum atomic E-state index is -0.188. The zero-order valence-electron chi connectivity index (χ0n) is 12.1. The monoisotopic (exact) mass is 285 g/mol. The summed E-state index contributed by atoms with van der Waals surface area (Å²) in [7, 11) is 0. The molecule has 1 aliphatic rings. The highest BCUT2D eigenvalue weighted by molar-refractivity contribution is 5.90. The molecule has 0 unspecified atom stereocenters. The van der Waals surface area contributed by atoms with Gasteiger partial charge in [-0.2, -0.15) is 0 Å². The lowest BCUT2D eigenvalue weighted by molar-refractivity contribution is 0.0916. The lowest BCUT2D eigenvalue weighted by Gasteiger charge is -2.22. The second-order valence-corrected chi connectivity index (χ2v) is 5.47. The first-order chi connectivity index (χ1) is 10.2. The van der Waals surface area contributed by atoms with Crippen molar-refractivity contribution in [1.29, 1.82) is 0 Å². The Balaban J connectivity index is 1.79. The van der Waals surface area contributed by atoms with Crippen molar-refractivity contribution in [3.05, 3.63) is 36.3 Å². The Morgan fingerprint density at radius 1 is 1.29 bits per heavy atom. The number of rotatable bonds is 3. The van der Waals surface area contributed by atoms with Crippen LogP contribution in [-0.2, 0) is 0 Å². The van der Waals surface area contributed by atoms with Gasteiger partial charge in [-0.3, -0.25) is 9.36 Å². The summed E-state index contributed by atoms with van der Waals surface area (Å²) in [5, 5.41) is 3.05. The van der Waals surface area contributed by atoms with Gasteiger partial charge in [-0.15, -0.1) is 0 Å². The Kier molecular flexibility index (Phi) is 3.94. The topological polar surface area (TPSA) is 72.7 Å². The molecule has 0 bridgehead atoms. The van der Waals surface area contributed by atoms with Crippen LogP contribution in [0.4, 0.5) is 0 Å². The number of carbonyl (C=O) groups excluding carboxylic acids is 1. The van der Waals surface area contributed by atoms with Crippen molar-refractivity contribution in [3.63, 3.8) is 0 Å². The van der Waals surface area contributed by atoms with Crippen molar-refractivity contribution in [2.24, 2.45) is 0 Å². The fourth-order valence-corrected chi connectivity index (χ4v) is 2.68. The Bertz CT molecular complexity index is 617. The molecule has 3 rings (SSSR count). The average molecular weight is 285 g/mol. The van der Waals surface area contributed by atoms with Crippen molar-refractivity contribution in [2.45, 2.75) is 45.1 Å². The maximum absolute atomic E-state index is 12.3. The number of amides is 1. The molecule has 6 nitrogen and oxygen atoms in total. The number of nitrogens with one attached hydrogen (secondary N) is 1. The fourth-order valence-electron chi connectivity index (χ4n) is 2.68. The second-order valence-electron chi connectivity index (χ2n) is 5.47. The molecule has 1 N–H and O–H groups in total. The minimum absolute atomic E-state index is 0.188. The van der Waals surface area contributed by atoms with Crippen LogP contribution in [0.25, 0.3) is 5.82 Å². The van der Waals surface area contributed by atoms with E-state index < -0.39 is 0 Å².